The molecule has 0 aliphatic carbocycles. The number of benzene rings is 1. The van der Waals surface area contributed by atoms with E-state index in [0.29, 0.717) is 13.0 Å². The van der Waals surface area contributed by atoms with Crippen molar-refractivity contribution in [2.45, 2.75) is 13.3 Å². The number of carbonyl (C=O) groups excluding carboxylic acids is 1. The van der Waals surface area contributed by atoms with E-state index in [0.717, 1.165) is 23.0 Å². The number of carbonyl (C=O) groups is 1. The number of phenols is 1. The molecular formula is C17H16FN3O2. The molecule has 2 aromatic heterocycles. The Bertz CT molecular complexity index is 873. The van der Waals surface area contributed by atoms with E-state index in [1.54, 1.807) is 0 Å². The lowest BCUT2D eigenvalue weighted by Gasteiger charge is -2.05. The standard InChI is InChI=1S/C17H16FN3O2/c1-11-3-2-8-21-10-12(20-16(11)21)6-7-19-17(23)14-5-4-13(22)9-15(14)18/h2-5,8-10,22H,6-7H2,1H3,(H,19,23). The quantitative estimate of drug-likeness (QED) is 0.777. The second kappa shape index (κ2) is 6.08. The molecule has 1 amide bonds. The van der Waals surface area contributed by atoms with Crippen molar-refractivity contribution in [1.82, 2.24) is 14.7 Å². The molecule has 118 valence electrons. The van der Waals surface area contributed by atoms with Crippen molar-refractivity contribution in [2.24, 2.45) is 0 Å². The summed E-state index contributed by atoms with van der Waals surface area (Å²) in [4.78, 5) is 16.5. The second-order valence-corrected chi connectivity index (χ2v) is 5.32. The van der Waals surface area contributed by atoms with E-state index in [1.807, 2.05) is 35.9 Å². The minimum absolute atomic E-state index is 0.0892. The fourth-order valence-electron chi connectivity index (χ4n) is 2.41. The van der Waals surface area contributed by atoms with Crippen LogP contribution in [0.1, 0.15) is 21.6 Å². The van der Waals surface area contributed by atoms with E-state index in [4.69, 9.17) is 5.11 Å². The summed E-state index contributed by atoms with van der Waals surface area (Å²) >= 11 is 0. The van der Waals surface area contributed by atoms with Crippen molar-refractivity contribution < 1.29 is 14.3 Å². The molecule has 0 saturated carbocycles. The van der Waals surface area contributed by atoms with Gasteiger partial charge in [-0.05, 0) is 30.7 Å². The van der Waals surface area contributed by atoms with Crippen LogP contribution in [-0.2, 0) is 6.42 Å². The number of pyridine rings is 1. The number of halogens is 1. The molecule has 3 aromatic rings. The Morgan fingerprint density at radius 3 is 2.96 bits per heavy atom. The van der Waals surface area contributed by atoms with Crippen LogP contribution in [0.4, 0.5) is 4.39 Å². The fraction of sp³-hybridized carbons (Fsp3) is 0.176. The number of hydrogen-bond acceptors (Lipinski definition) is 3. The van der Waals surface area contributed by atoms with Crippen molar-refractivity contribution in [1.29, 1.82) is 0 Å². The van der Waals surface area contributed by atoms with Crippen molar-refractivity contribution in [3.63, 3.8) is 0 Å². The summed E-state index contributed by atoms with van der Waals surface area (Å²) in [5, 5.41) is 11.8. The van der Waals surface area contributed by atoms with Crippen LogP contribution in [-0.4, -0.2) is 26.9 Å². The van der Waals surface area contributed by atoms with Crippen molar-refractivity contribution >= 4 is 11.6 Å². The minimum Gasteiger partial charge on any atom is -0.508 e. The predicted molar refractivity (Wildman–Crippen MR) is 84.0 cm³/mol. The molecule has 0 unspecified atom stereocenters. The highest BCUT2D eigenvalue weighted by atomic mass is 19.1. The number of aromatic nitrogens is 2. The second-order valence-electron chi connectivity index (χ2n) is 5.32. The first-order valence-corrected chi connectivity index (χ1v) is 7.24. The normalized spacial score (nSPS) is 10.9. The van der Waals surface area contributed by atoms with E-state index < -0.39 is 11.7 Å². The molecule has 0 aliphatic rings. The van der Waals surface area contributed by atoms with E-state index in [1.165, 1.54) is 12.1 Å². The highest BCUT2D eigenvalue weighted by Gasteiger charge is 2.12. The average Bonchev–Trinajstić information content (AvgIpc) is 2.91. The van der Waals surface area contributed by atoms with E-state index in [-0.39, 0.29) is 11.3 Å². The van der Waals surface area contributed by atoms with Crippen LogP contribution in [0.2, 0.25) is 0 Å². The smallest absolute Gasteiger partial charge is 0.254 e. The lowest BCUT2D eigenvalue weighted by atomic mass is 10.2. The van der Waals surface area contributed by atoms with Gasteiger partial charge in [0, 0.05) is 31.4 Å². The number of aromatic hydroxyl groups is 1. The summed E-state index contributed by atoms with van der Waals surface area (Å²) in [5.41, 5.74) is 2.73. The number of amides is 1. The zero-order chi connectivity index (χ0) is 16.4. The SMILES string of the molecule is Cc1cccn2cc(CCNC(=O)c3ccc(O)cc3F)nc12. The van der Waals surface area contributed by atoms with Gasteiger partial charge in [-0.2, -0.15) is 0 Å². The van der Waals surface area contributed by atoms with Crippen LogP contribution >= 0.6 is 0 Å². The van der Waals surface area contributed by atoms with E-state index in [9.17, 15) is 9.18 Å². The lowest BCUT2D eigenvalue weighted by molar-refractivity contribution is 0.0950. The molecule has 0 fully saturated rings. The highest BCUT2D eigenvalue weighted by molar-refractivity contribution is 5.94. The summed E-state index contributed by atoms with van der Waals surface area (Å²) in [7, 11) is 0. The fourth-order valence-corrected chi connectivity index (χ4v) is 2.41. The highest BCUT2D eigenvalue weighted by Crippen LogP contribution is 2.15. The molecule has 2 heterocycles. The van der Waals surface area contributed by atoms with Gasteiger partial charge in [0.1, 0.15) is 17.2 Å². The van der Waals surface area contributed by atoms with Gasteiger partial charge in [-0.15, -0.1) is 0 Å². The van der Waals surface area contributed by atoms with Crippen molar-refractivity contribution in [3.8, 4) is 5.75 Å². The molecule has 6 heteroatoms. The summed E-state index contributed by atoms with van der Waals surface area (Å²) in [6.45, 7) is 2.34. The van der Waals surface area contributed by atoms with Gasteiger partial charge in [-0.1, -0.05) is 6.07 Å². The number of hydrogen-bond donors (Lipinski definition) is 2. The maximum absolute atomic E-state index is 13.6. The molecule has 0 saturated heterocycles. The Labute approximate surface area is 132 Å². The summed E-state index contributed by atoms with van der Waals surface area (Å²) in [5.74, 6) is -1.47. The predicted octanol–water partition coefficient (Wildman–Crippen LogP) is 2.46. The van der Waals surface area contributed by atoms with Gasteiger partial charge in [0.2, 0.25) is 0 Å². The molecule has 0 aliphatic heterocycles. The Kier molecular flexibility index (Phi) is 3.97. The zero-order valence-corrected chi connectivity index (χ0v) is 12.6. The molecule has 0 bridgehead atoms. The van der Waals surface area contributed by atoms with Crippen LogP contribution in [0.5, 0.6) is 5.75 Å². The van der Waals surface area contributed by atoms with Gasteiger partial charge in [0.25, 0.3) is 5.91 Å². The third-order valence-corrected chi connectivity index (χ3v) is 3.59. The number of nitrogens with one attached hydrogen (secondary N) is 1. The maximum atomic E-state index is 13.6. The number of rotatable bonds is 4. The van der Waals surface area contributed by atoms with Gasteiger partial charge in [0.15, 0.2) is 0 Å². The first kappa shape index (κ1) is 15.0. The molecule has 2 N–H and O–H groups in total. The molecular weight excluding hydrogens is 297 g/mol. The number of imidazole rings is 1. The van der Waals surface area contributed by atoms with Gasteiger partial charge < -0.3 is 14.8 Å². The Balaban J connectivity index is 1.64. The average molecular weight is 313 g/mol. The molecule has 3 rings (SSSR count). The van der Waals surface area contributed by atoms with Gasteiger partial charge >= 0.3 is 0 Å². The van der Waals surface area contributed by atoms with Crippen LogP contribution in [0.15, 0.2) is 42.7 Å². The van der Waals surface area contributed by atoms with Gasteiger partial charge in [-0.3, -0.25) is 4.79 Å². The van der Waals surface area contributed by atoms with Crippen molar-refractivity contribution in [3.05, 3.63) is 65.4 Å². The first-order valence-electron chi connectivity index (χ1n) is 7.24. The monoisotopic (exact) mass is 313 g/mol. The topological polar surface area (TPSA) is 66.6 Å². The lowest BCUT2D eigenvalue weighted by Crippen LogP contribution is -2.26. The molecule has 23 heavy (non-hydrogen) atoms. The third-order valence-electron chi connectivity index (χ3n) is 3.59. The molecule has 0 radical (unpaired) electrons. The number of nitrogens with zero attached hydrogens (tertiary/aromatic N) is 2. The van der Waals surface area contributed by atoms with Crippen LogP contribution in [0, 0.1) is 12.7 Å². The maximum Gasteiger partial charge on any atom is 0.254 e. The zero-order valence-electron chi connectivity index (χ0n) is 12.6. The van der Waals surface area contributed by atoms with Gasteiger partial charge in [0.05, 0.1) is 11.3 Å². The molecule has 5 nitrogen and oxygen atoms in total. The Hall–Kier alpha value is -2.89. The van der Waals surface area contributed by atoms with Crippen LogP contribution < -0.4 is 5.32 Å². The number of fused-ring (bicyclic) bond motifs is 1. The Morgan fingerprint density at radius 2 is 2.22 bits per heavy atom. The molecule has 0 spiro atoms. The number of phenolic OH excluding ortho intramolecular Hbond substituents is 1. The molecule has 1 aromatic carbocycles. The minimum atomic E-state index is -0.745. The van der Waals surface area contributed by atoms with Crippen LogP contribution in [0.25, 0.3) is 5.65 Å². The summed E-state index contributed by atoms with van der Waals surface area (Å²) < 4.78 is 15.5. The van der Waals surface area contributed by atoms with Crippen molar-refractivity contribution in [2.75, 3.05) is 6.54 Å². The van der Waals surface area contributed by atoms with Crippen LogP contribution in [0.3, 0.4) is 0 Å². The number of aryl methyl sites for hydroxylation is 1. The first-order chi connectivity index (χ1) is 11.0. The largest absolute Gasteiger partial charge is 0.508 e. The van der Waals surface area contributed by atoms with E-state index >= 15 is 0 Å². The Morgan fingerprint density at radius 1 is 1.39 bits per heavy atom. The van der Waals surface area contributed by atoms with E-state index in [2.05, 4.69) is 10.3 Å². The molecule has 0 atom stereocenters. The third kappa shape index (κ3) is 3.15. The summed E-state index contributed by atoms with van der Waals surface area (Å²) in [6.07, 6.45) is 4.38. The van der Waals surface area contributed by atoms with Gasteiger partial charge in [-0.25, -0.2) is 9.37 Å². The summed E-state index contributed by atoms with van der Waals surface area (Å²) in [6, 6.07) is 7.39.